The quantitative estimate of drug-likeness (QED) is 0.935. The minimum absolute atomic E-state index is 0.0288. The average Bonchev–Trinajstić information content (AvgIpc) is 2.85. The first-order valence-corrected chi connectivity index (χ1v) is 6.96. The van der Waals surface area contributed by atoms with Gasteiger partial charge in [0.1, 0.15) is 5.82 Å². The monoisotopic (exact) mass is 285 g/mol. The van der Waals surface area contributed by atoms with Crippen molar-refractivity contribution in [2.24, 2.45) is 0 Å². The lowest BCUT2D eigenvalue weighted by molar-refractivity contribution is 0.416. The molecule has 2 rings (SSSR count). The molecule has 3 nitrogen and oxygen atoms in total. The van der Waals surface area contributed by atoms with Crippen LogP contribution in [0.15, 0.2) is 36.5 Å². The van der Waals surface area contributed by atoms with Gasteiger partial charge in [0, 0.05) is 29.5 Å². The fraction of sp³-hybridized carbons (Fsp3) is 0.353. The summed E-state index contributed by atoms with van der Waals surface area (Å²) in [5, 5.41) is 12.3. The number of nitrogens with zero attached hydrogens (tertiary/aromatic N) is 2. The Kier molecular flexibility index (Phi) is 4.44. The molecule has 0 aliphatic rings. The van der Waals surface area contributed by atoms with Gasteiger partial charge in [0.2, 0.25) is 0 Å². The van der Waals surface area contributed by atoms with Crippen LogP contribution in [0.2, 0.25) is 0 Å². The van der Waals surface area contributed by atoms with E-state index < -0.39 is 0 Å². The molecule has 21 heavy (non-hydrogen) atoms. The summed E-state index contributed by atoms with van der Waals surface area (Å²) in [6, 6.07) is 10.5. The predicted molar refractivity (Wildman–Crippen MR) is 81.2 cm³/mol. The zero-order valence-corrected chi connectivity index (χ0v) is 12.7. The Hall–Kier alpha value is -2.12. The van der Waals surface area contributed by atoms with Crippen molar-refractivity contribution in [1.82, 2.24) is 9.88 Å². The molecule has 0 atom stereocenters. The van der Waals surface area contributed by atoms with Gasteiger partial charge in [0.05, 0.1) is 18.2 Å². The van der Waals surface area contributed by atoms with Gasteiger partial charge in [0.25, 0.3) is 0 Å². The maximum Gasteiger partial charge on any atom is 0.128 e. The zero-order valence-electron chi connectivity index (χ0n) is 12.7. The van der Waals surface area contributed by atoms with E-state index in [9.17, 15) is 4.39 Å². The number of rotatable bonds is 4. The van der Waals surface area contributed by atoms with Crippen molar-refractivity contribution in [3.05, 3.63) is 59.2 Å². The van der Waals surface area contributed by atoms with E-state index in [0.29, 0.717) is 17.7 Å². The molecule has 0 unspecified atom stereocenters. The van der Waals surface area contributed by atoms with Crippen LogP contribution >= 0.6 is 0 Å². The number of nitriles is 1. The van der Waals surface area contributed by atoms with Crippen LogP contribution in [-0.4, -0.2) is 10.1 Å². The van der Waals surface area contributed by atoms with Crippen LogP contribution in [0.25, 0.3) is 0 Å². The van der Waals surface area contributed by atoms with Gasteiger partial charge < -0.3 is 9.88 Å². The summed E-state index contributed by atoms with van der Waals surface area (Å²) in [7, 11) is 0. The van der Waals surface area contributed by atoms with E-state index in [2.05, 4.69) is 26.1 Å². The maximum absolute atomic E-state index is 13.9. The lowest BCUT2D eigenvalue weighted by atomic mass is 10.1. The minimum Gasteiger partial charge on any atom is -0.346 e. The summed E-state index contributed by atoms with van der Waals surface area (Å²) in [6.07, 6.45) is 1.93. The average molecular weight is 285 g/mol. The topological polar surface area (TPSA) is 40.8 Å². The Labute approximate surface area is 125 Å². The molecule has 1 aromatic carbocycles. The second-order valence-corrected chi connectivity index (χ2v) is 6.15. The molecule has 110 valence electrons. The summed E-state index contributed by atoms with van der Waals surface area (Å²) in [5.41, 5.74) is 2.13. The van der Waals surface area contributed by atoms with E-state index >= 15 is 0 Å². The summed E-state index contributed by atoms with van der Waals surface area (Å²) < 4.78 is 15.9. The number of nitrogens with one attached hydrogen (secondary N) is 1. The Morgan fingerprint density at radius 2 is 2.05 bits per heavy atom. The Morgan fingerprint density at radius 1 is 1.29 bits per heavy atom. The third-order valence-corrected chi connectivity index (χ3v) is 3.24. The van der Waals surface area contributed by atoms with Gasteiger partial charge in [-0.2, -0.15) is 5.26 Å². The lowest BCUT2D eigenvalue weighted by Gasteiger charge is -2.21. The van der Waals surface area contributed by atoms with Crippen molar-refractivity contribution in [2.45, 2.75) is 39.4 Å². The van der Waals surface area contributed by atoms with Gasteiger partial charge in [-0.1, -0.05) is 0 Å². The fourth-order valence-electron chi connectivity index (χ4n) is 2.07. The molecule has 0 aliphatic heterocycles. The highest BCUT2D eigenvalue weighted by atomic mass is 19.1. The van der Waals surface area contributed by atoms with Crippen LogP contribution in [0.4, 0.5) is 4.39 Å². The molecular weight excluding hydrogens is 265 g/mol. The van der Waals surface area contributed by atoms with Crippen LogP contribution in [0.3, 0.4) is 0 Å². The molecule has 0 bridgehead atoms. The third-order valence-electron chi connectivity index (χ3n) is 3.24. The maximum atomic E-state index is 13.9. The van der Waals surface area contributed by atoms with Crippen molar-refractivity contribution in [3.8, 4) is 6.07 Å². The largest absolute Gasteiger partial charge is 0.346 e. The molecule has 1 heterocycles. The SMILES string of the molecule is CC(C)(C)NCc1cccn1Cc1cc(C#N)ccc1F. The first-order chi connectivity index (χ1) is 9.89. The second-order valence-electron chi connectivity index (χ2n) is 6.15. The smallest absolute Gasteiger partial charge is 0.128 e. The van der Waals surface area contributed by atoms with E-state index in [1.165, 1.54) is 12.1 Å². The number of benzene rings is 1. The molecule has 0 spiro atoms. The normalized spacial score (nSPS) is 11.4. The number of halogens is 1. The molecule has 1 aromatic heterocycles. The summed E-state index contributed by atoms with van der Waals surface area (Å²) >= 11 is 0. The molecule has 4 heteroatoms. The molecular formula is C17H20FN3. The highest BCUT2D eigenvalue weighted by Gasteiger charge is 2.11. The van der Waals surface area contributed by atoms with Gasteiger partial charge in [0.15, 0.2) is 0 Å². The van der Waals surface area contributed by atoms with Crippen molar-refractivity contribution < 1.29 is 4.39 Å². The Morgan fingerprint density at radius 3 is 2.71 bits per heavy atom. The van der Waals surface area contributed by atoms with E-state index in [4.69, 9.17) is 5.26 Å². The van der Waals surface area contributed by atoms with Crippen LogP contribution in [0, 0.1) is 17.1 Å². The van der Waals surface area contributed by atoms with E-state index in [1.54, 1.807) is 6.07 Å². The standard InChI is InChI=1S/C17H20FN3/c1-17(2,3)20-11-15-5-4-8-21(15)12-14-9-13(10-19)6-7-16(14)18/h4-9,20H,11-12H2,1-3H3. The number of aromatic nitrogens is 1. The third kappa shape index (κ3) is 4.17. The second kappa shape index (κ2) is 6.11. The van der Waals surface area contributed by atoms with Gasteiger partial charge in [-0.15, -0.1) is 0 Å². The van der Waals surface area contributed by atoms with Crippen LogP contribution in [0.1, 0.15) is 37.6 Å². The van der Waals surface area contributed by atoms with Crippen LogP contribution in [-0.2, 0) is 13.1 Å². The van der Waals surface area contributed by atoms with Crippen LogP contribution < -0.4 is 5.32 Å². The molecule has 0 radical (unpaired) electrons. The first-order valence-electron chi connectivity index (χ1n) is 6.96. The number of hydrogen-bond acceptors (Lipinski definition) is 2. The highest BCUT2D eigenvalue weighted by molar-refractivity contribution is 5.34. The van der Waals surface area contributed by atoms with E-state index in [1.807, 2.05) is 29.0 Å². The fourth-order valence-corrected chi connectivity index (χ4v) is 2.07. The molecule has 0 saturated heterocycles. The predicted octanol–water partition coefficient (Wildman–Crippen LogP) is 3.44. The number of hydrogen-bond donors (Lipinski definition) is 1. The molecule has 0 saturated carbocycles. The summed E-state index contributed by atoms with van der Waals surface area (Å²) in [6.45, 7) is 7.47. The summed E-state index contributed by atoms with van der Waals surface area (Å²) in [5.74, 6) is -0.280. The van der Waals surface area contributed by atoms with Crippen molar-refractivity contribution in [3.63, 3.8) is 0 Å². The van der Waals surface area contributed by atoms with Crippen molar-refractivity contribution in [1.29, 1.82) is 5.26 Å². The minimum atomic E-state index is -0.280. The van der Waals surface area contributed by atoms with Gasteiger partial charge in [-0.25, -0.2) is 4.39 Å². The van der Waals surface area contributed by atoms with Crippen molar-refractivity contribution in [2.75, 3.05) is 0 Å². The molecule has 0 aliphatic carbocycles. The highest BCUT2D eigenvalue weighted by Crippen LogP contribution is 2.14. The molecule has 1 N–H and O–H groups in total. The van der Waals surface area contributed by atoms with E-state index in [0.717, 1.165) is 12.2 Å². The molecule has 2 aromatic rings. The Balaban J connectivity index is 2.18. The van der Waals surface area contributed by atoms with Crippen LogP contribution in [0.5, 0.6) is 0 Å². The van der Waals surface area contributed by atoms with E-state index in [-0.39, 0.29) is 11.4 Å². The molecule has 0 fully saturated rings. The zero-order chi connectivity index (χ0) is 15.5. The summed E-state index contributed by atoms with van der Waals surface area (Å²) in [4.78, 5) is 0. The molecule has 0 amide bonds. The first kappa shape index (κ1) is 15.3. The van der Waals surface area contributed by atoms with Crippen molar-refractivity contribution >= 4 is 0 Å². The lowest BCUT2D eigenvalue weighted by Crippen LogP contribution is -2.35. The van der Waals surface area contributed by atoms with Gasteiger partial charge in [-0.3, -0.25) is 0 Å². The van der Waals surface area contributed by atoms with Gasteiger partial charge >= 0.3 is 0 Å². The van der Waals surface area contributed by atoms with Gasteiger partial charge in [-0.05, 0) is 51.1 Å². The Bertz CT molecular complexity index is 659.